The molecule has 1 aliphatic heterocycles. The predicted molar refractivity (Wildman–Crippen MR) is 109 cm³/mol. The van der Waals surface area contributed by atoms with Gasteiger partial charge < -0.3 is 24.7 Å². The Morgan fingerprint density at radius 3 is 2.50 bits per heavy atom. The van der Waals surface area contributed by atoms with E-state index in [0.29, 0.717) is 26.1 Å². The molecule has 7 nitrogen and oxygen atoms in total. The Morgan fingerprint density at radius 2 is 1.85 bits per heavy atom. The molecule has 0 aliphatic carbocycles. The zero-order valence-corrected chi connectivity index (χ0v) is 16.6. The molecule has 144 valence electrons. The molecule has 8 heteroatoms. The fourth-order valence-electron chi connectivity index (χ4n) is 2.84. The number of nitrogens with zero attached hydrogens (tertiary/aromatic N) is 3. The SMILES string of the molecule is CSNc1ccccc1N1CCN(C(=O)CNC(=O)CCN(C)C)CC1. The Morgan fingerprint density at radius 1 is 1.15 bits per heavy atom. The molecular formula is C18H29N5O2S. The first kappa shape index (κ1) is 20.4. The molecule has 1 aromatic carbocycles. The predicted octanol–water partition coefficient (Wildman–Crippen LogP) is 1.09. The van der Waals surface area contributed by atoms with Gasteiger partial charge in [0.1, 0.15) is 0 Å². The van der Waals surface area contributed by atoms with E-state index >= 15 is 0 Å². The summed E-state index contributed by atoms with van der Waals surface area (Å²) in [6.45, 7) is 3.67. The Balaban J connectivity index is 1.79. The van der Waals surface area contributed by atoms with Gasteiger partial charge in [-0.2, -0.15) is 0 Å². The second-order valence-corrected chi connectivity index (χ2v) is 7.13. The third-order valence-corrected chi connectivity index (χ3v) is 4.74. The first-order valence-electron chi connectivity index (χ1n) is 8.83. The lowest BCUT2D eigenvalue weighted by molar-refractivity contribution is -0.133. The molecule has 0 spiro atoms. The van der Waals surface area contributed by atoms with Gasteiger partial charge in [0.25, 0.3) is 0 Å². The lowest BCUT2D eigenvalue weighted by Crippen LogP contribution is -2.51. The minimum Gasteiger partial charge on any atom is -0.366 e. The largest absolute Gasteiger partial charge is 0.366 e. The lowest BCUT2D eigenvalue weighted by Gasteiger charge is -2.37. The van der Waals surface area contributed by atoms with Crippen molar-refractivity contribution in [3.8, 4) is 0 Å². The summed E-state index contributed by atoms with van der Waals surface area (Å²) in [6, 6.07) is 8.20. The highest BCUT2D eigenvalue weighted by Gasteiger charge is 2.22. The smallest absolute Gasteiger partial charge is 0.242 e. The summed E-state index contributed by atoms with van der Waals surface area (Å²) < 4.78 is 3.30. The van der Waals surface area contributed by atoms with Gasteiger partial charge in [0.05, 0.1) is 17.9 Å². The van der Waals surface area contributed by atoms with Gasteiger partial charge in [0.2, 0.25) is 11.8 Å². The average Bonchev–Trinajstić information content (AvgIpc) is 2.65. The van der Waals surface area contributed by atoms with Crippen LogP contribution >= 0.6 is 11.9 Å². The number of para-hydroxylation sites is 2. The van der Waals surface area contributed by atoms with Crippen molar-refractivity contribution in [3.63, 3.8) is 0 Å². The van der Waals surface area contributed by atoms with Gasteiger partial charge in [0, 0.05) is 45.4 Å². The van der Waals surface area contributed by atoms with Crippen molar-refractivity contribution < 1.29 is 9.59 Å². The standard InChI is InChI=1S/C18H29N5O2S/c1-21(2)9-8-17(24)19-14-18(25)23-12-10-22(11-13-23)16-7-5-4-6-15(16)20-26-3/h4-7,20H,8-14H2,1-3H3,(H,19,24). The molecule has 0 bridgehead atoms. The van der Waals surface area contributed by atoms with Crippen molar-refractivity contribution in [2.45, 2.75) is 6.42 Å². The summed E-state index contributed by atoms with van der Waals surface area (Å²) in [6.07, 6.45) is 2.41. The molecule has 1 fully saturated rings. The van der Waals surface area contributed by atoms with E-state index in [2.05, 4.69) is 27.1 Å². The summed E-state index contributed by atoms with van der Waals surface area (Å²) in [4.78, 5) is 30.1. The molecule has 0 saturated carbocycles. The van der Waals surface area contributed by atoms with Crippen LogP contribution in [0.5, 0.6) is 0 Å². The van der Waals surface area contributed by atoms with Crippen LogP contribution in [0.2, 0.25) is 0 Å². The summed E-state index contributed by atoms with van der Waals surface area (Å²) in [5.74, 6) is -0.0962. The fraction of sp³-hybridized carbons (Fsp3) is 0.556. The second kappa shape index (κ2) is 10.3. The number of amides is 2. The molecule has 1 heterocycles. The van der Waals surface area contributed by atoms with Crippen LogP contribution < -0.4 is 14.9 Å². The molecule has 2 N–H and O–H groups in total. The lowest BCUT2D eigenvalue weighted by atomic mass is 10.2. The third-order valence-electron chi connectivity index (χ3n) is 4.31. The normalized spacial score (nSPS) is 14.5. The number of hydrogen-bond donors (Lipinski definition) is 2. The fourth-order valence-corrected chi connectivity index (χ4v) is 3.23. The molecule has 0 radical (unpaired) electrons. The van der Waals surface area contributed by atoms with E-state index in [4.69, 9.17) is 0 Å². The van der Waals surface area contributed by atoms with E-state index in [1.165, 1.54) is 0 Å². The van der Waals surface area contributed by atoms with Crippen molar-refractivity contribution in [2.24, 2.45) is 0 Å². The molecule has 0 unspecified atom stereocenters. The van der Waals surface area contributed by atoms with Crippen LogP contribution in [0.25, 0.3) is 0 Å². The highest BCUT2D eigenvalue weighted by molar-refractivity contribution is 7.99. The van der Waals surface area contributed by atoms with E-state index in [0.717, 1.165) is 24.5 Å². The van der Waals surface area contributed by atoms with Gasteiger partial charge in [-0.1, -0.05) is 24.1 Å². The van der Waals surface area contributed by atoms with Crippen molar-refractivity contribution in [1.82, 2.24) is 15.1 Å². The van der Waals surface area contributed by atoms with Gasteiger partial charge in [0.15, 0.2) is 0 Å². The quantitative estimate of drug-likeness (QED) is 0.659. The number of rotatable bonds is 8. The maximum atomic E-state index is 12.3. The maximum absolute atomic E-state index is 12.3. The Kier molecular flexibility index (Phi) is 8.06. The van der Waals surface area contributed by atoms with Gasteiger partial charge in [-0.3, -0.25) is 9.59 Å². The van der Waals surface area contributed by atoms with E-state index in [1.54, 1.807) is 11.9 Å². The van der Waals surface area contributed by atoms with Crippen LogP contribution in [0.3, 0.4) is 0 Å². The van der Waals surface area contributed by atoms with Crippen LogP contribution in [0.15, 0.2) is 24.3 Å². The monoisotopic (exact) mass is 379 g/mol. The average molecular weight is 380 g/mol. The number of piperazine rings is 1. The molecule has 1 saturated heterocycles. The number of nitrogens with one attached hydrogen (secondary N) is 2. The van der Waals surface area contributed by atoms with Gasteiger partial charge in [-0.05, 0) is 26.2 Å². The third kappa shape index (κ3) is 6.10. The van der Waals surface area contributed by atoms with Crippen molar-refractivity contribution in [1.29, 1.82) is 0 Å². The van der Waals surface area contributed by atoms with Crippen LogP contribution in [-0.2, 0) is 9.59 Å². The van der Waals surface area contributed by atoms with Crippen molar-refractivity contribution in [2.75, 3.05) is 69.2 Å². The van der Waals surface area contributed by atoms with E-state index in [1.807, 2.05) is 42.3 Å². The molecule has 1 aliphatic rings. The van der Waals surface area contributed by atoms with Crippen molar-refractivity contribution >= 4 is 35.1 Å². The highest BCUT2D eigenvalue weighted by atomic mass is 32.2. The van der Waals surface area contributed by atoms with E-state index < -0.39 is 0 Å². The number of benzene rings is 1. The molecule has 0 aromatic heterocycles. The molecule has 2 rings (SSSR count). The summed E-state index contributed by atoms with van der Waals surface area (Å²) >= 11 is 1.57. The van der Waals surface area contributed by atoms with Crippen molar-refractivity contribution in [3.05, 3.63) is 24.3 Å². The Hall–Kier alpha value is -1.93. The maximum Gasteiger partial charge on any atom is 0.242 e. The summed E-state index contributed by atoms with van der Waals surface area (Å²) in [5.41, 5.74) is 2.25. The minimum absolute atomic E-state index is 0.0154. The van der Waals surface area contributed by atoms with E-state index in [9.17, 15) is 9.59 Å². The van der Waals surface area contributed by atoms with Crippen LogP contribution in [0, 0.1) is 0 Å². The number of hydrogen-bond acceptors (Lipinski definition) is 6. The Bertz CT molecular complexity index is 603. The summed E-state index contributed by atoms with van der Waals surface area (Å²) in [7, 11) is 3.84. The second-order valence-electron chi connectivity index (χ2n) is 6.52. The zero-order chi connectivity index (χ0) is 18.9. The van der Waals surface area contributed by atoms with Crippen LogP contribution in [0.1, 0.15) is 6.42 Å². The van der Waals surface area contributed by atoms with Crippen LogP contribution in [0.4, 0.5) is 11.4 Å². The van der Waals surface area contributed by atoms with Gasteiger partial charge in [-0.25, -0.2) is 0 Å². The van der Waals surface area contributed by atoms with Gasteiger partial charge in [-0.15, -0.1) is 0 Å². The molecule has 1 aromatic rings. The summed E-state index contributed by atoms with van der Waals surface area (Å²) in [5, 5.41) is 2.72. The topological polar surface area (TPSA) is 67.9 Å². The zero-order valence-electron chi connectivity index (χ0n) is 15.8. The van der Waals surface area contributed by atoms with Crippen LogP contribution in [-0.4, -0.2) is 81.2 Å². The first-order valence-corrected chi connectivity index (χ1v) is 10.1. The number of anilines is 2. The molecule has 2 amide bonds. The first-order chi connectivity index (χ1) is 12.5. The minimum atomic E-state index is -0.0808. The highest BCUT2D eigenvalue weighted by Crippen LogP contribution is 2.28. The number of carbonyl (C=O) groups is 2. The number of carbonyl (C=O) groups excluding carboxylic acids is 2. The van der Waals surface area contributed by atoms with E-state index in [-0.39, 0.29) is 18.4 Å². The van der Waals surface area contributed by atoms with Gasteiger partial charge >= 0.3 is 0 Å². The molecule has 26 heavy (non-hydrogen) atoms. The molecule has 0 atom stereocenters. The Labute approximate surface area is 160 Å². The molecular weight excluding hydrogens is 350 g/mol.